The molecule has 6 aromatic rings. The molecule has 4 heteroatoms. The molecule has 2 atom stereocenters. The van der Waals surface area contributed by atoms with Crippen molar-refractivity contribution < 1.29 is 10.2 Å². The number of aromatic nitrogens is 2. The molecular formula is C38H36N2O2. The number of phenolic OH excluding ortho intramolecular Hbond substituents is 2. The van der Waals surface area contributed by atoms with E-state index < -0.39 is 0 Å². The summed E-state index contributed by atoms with van der Waals surface area (Å²) in [5.74, 6) is 1.14. The number of fused-ring (bicyclic) bond motifs is 2. The Morgan fingerprint density at radius 2 is 0.952 bits per heavy atom. The Balaban J connectivity index is 1.64. The molecule has 4 nitrogen and oxygen atoms in total. The van der Waals surface area contributed by atoms with Crippen molar-refractivity contribution in [3.63, 3.8) is 0 Å². The Morgan fingerprint density at radius 1 is 0.548 bits per heavy atom. The van der Waals surface area contributed by atoms with Gasteiger partial charge in [-0.25, -0.2) is 9.97 Å². The van der Waals surface area contributed by atoms with Crippen molar-refractivity contribution in [3.8, 4) is 45.4 Å². The van der Waals surface area contributed by atoms with Crippen molar-refractivity contribution in [1.82, 2.24) is 9.97 Å². The summed E-state index contributed by atoms with van der Waals surface area (Å²) in [4.78, 5) is 10.4. The Labute approximate surface area is 247 Å². The molecule has 0 aliphatic rings. The van der Waals surface area contributed by atoms with E-state index in [1.807, 2.05) is 48.5 Å². The second kappa shape index (κ2) is 11.3. The zero-order valence-corrected chi connectivity index (χ0v) is 24.6. The summed E-state index contributed by atoms with van der Waals surface area (Å²) < 4.78 is 0. The zero-order chi connectivity index (χ0) is 29.4. The molecule has 0 saturated heterocycles. The van der Waals surface area contributed by atoms with Crippen LogP contribution in [0.3, 0.4) is 0 Å². The number of pyridine rings is 2. The molecule has 2 N–H and O–H groups in total. The van der Waals surface area contributed by atoms with Crippen molar-refractivity contribution in [2.75, 3.05) is 0 Å². The smallest absolute Gasteiger partial charge is 0.124 e. The van der Waals surface area contributed by atoms with Crippen LogP contribution in [0.25, 0.3) is 55.4 Å². The summed E-state index contributed by atoms with van der Waals surface area (Å²) in [6.45, 7) is 8.73. The van der Waals surface area contributed by atoms with Crippen molar-refractivity contribution in [2.45, 2.75) is 52.4 Å². The maximum Gasteiger partial charge on any atom is 0.124 e. The highest BCUT2D eigenvalue weighted by Crippen LogP contribution is 2.40. The van der Waals surface area contributed by atoms with Crippen molar-refractivity contribution in [3.05, 3.63) is 108 Å². The van der Waals surface area contributed by atoms with E-state index in [-0.39, 0.29) is 11.5 Å². The van der Waals surface area contributed by atoms with E-state index in [0.29, 0.717) is 34.4 Å². The molecule has 0 spiro atoms. The normalized spacial score (nSPS) is 13.0. The number of aromatic hydroxyl groups is 2. The molecule has 0 saturated carbocycles. The maximum atomic E-state index is 11.0. The summed E-state index contributed by atoms with van der Waals surface area (Å²) in [6, 6.07) is 32.1. The number of phenols is 2. The number of nitrogens with zero attached hydrogens (tertiary/aromatic N) is 2. The minimum absolute atomic E-state index is 0.203. The third-order valence-corrected chi connectivity index (χ3v) is 8.66. The number of hydrogen-bond acceptors (Lipinski definition) is 4. The van der Waals surface area contributed by atoms with Gasteiger partial charge in [0.25, 0.3) is 0 Å². The first kappa shape index (κ1) is 27.5. The van der Waals surface area contributed by atoms with Crippen LogP contribution in [0, 0.1) is 0 Å². The lowest BCUT2D eigenvalue weighted by Crippen LogP contribution is -1.98. The Bertz CT molecular complexity index is 1790. The molecule has 42 heavy (non-hydrogen) atoms. The molecule has 4 aromatic carbocycles. The van der Waals surface area contributed by atoms with Gasteiger partial charge >= 0.3 is 0 Å². The van der Waals surface area contributed by atoms with Crippen molar-refractivity contribution >= 4 is 21.5 Å². The van der Waals surface area contributed by atoms with Gasteiger partial charge in [0.05, 0.1) is 22.8 Å². The summed E-state index contributed by atoms with van der Waals surface area (Å²) in [5, 5.41) is 25.9. The topological polar surface area (TPSA) is 66.2 Å². The molecule has 0 bridgehead atoms. The van der Waals surface area contributed by atoms with Gasteiger partial charge in [-0.2, -0.15) is 0 Å². The first-order valence-electron chi connectivity index (χ1n) is 14.8. The van der Waals surface area contributed by atoms with Crippen LogP contribution >= 0.6 is 0 Å². The highest BCUT2D eigenvalue weighted by atomic mass is 16.3. The average molecular weight is 553 g/mol. The third-order valence-electron chi connectivity index (χ3n) is 8.66. The van der Waals surface area contributed by atoms with Crippen molar-refractivity contribution in [2.24, 2.45) is 0 Å². The summed E-state index contributed by atoms with van der Waals surface area (Å²) >= 11 is 0. The molecule has 2 aromatic heterocycles. The lowest BCUT2D eigenvalue weighted by molar-refractivity contribution is 0.476. The van der Waals surface area contributed by atoms with Gasteiger partial charge in [0.2, 0.25) is 0 Å². The predicted molar refractivity (Wildman–Crippen MR) is 174 cm³/mol. The average Bonchev–Trinajstić information content (AvgIpc) is 3.03. The quantitative estimate of drug-likeness (QED) is 0.207. The summed E-state index contributed by atoms with van der Waals surface area (Å²) in [7, 11) is 0. The van der Waals surface area contributed by atoms with Gasteiger partial charge in [-0.15, -0.1) is 0 Å². The third kappa shape index (κ3) is 4.98. The molecule has 0 aliphatic carbocycles. The first-order valence-corrected chi connectivity index (χ1v) is 14.8. The largest absolute Gasteiger partial charge is 0.507 e. The zero-order valence-electron chi connectivity index (χ0n) is 24.6. The fourth-order valence-corrected chi connectivity index (χ4v) is 5.64. The number of rotatable bonds is 7. The van der Waals surface area contributed by atoms with Crippen LogP contribution in [0.2, 0.25) is 0 Å². The van der Waals surface area contributed by atoms with E-state index in [2.05, 4.69) is 64.1 Å². The van der Waals surface area contributed by atoms with Crippen molar-refractivity contribution in [1.29, 1.82) is 0 Å². The van der Waals surface area contributed by atoms with Crippen LogP contribution in [-0.2, 0) is 0 Å². The lowest BCUT2D eigenvalue weighted by atomic mass is 9.94. The number of benzene rings is 4. The predicted octanol–water partition coefficient (Wildman–Crippen LogP) is 10.2. The molecule has 0 fully saturated rings. The van der Waals surface area contributed by atoms with Crippen LogP contribution in [0.1, 0.15) is 63.5 Å². The Morgan fingerprint density at radius 3 is 1.36 bits per heavy atom. The summed E-state index contributed by atoms with van der Waals surface area (Å²) in [6.07, 6.45) is 2.02. The molecule has 210 valence electrons. The van der Waals surface area contributed by atoms with Crippen LogP contribution in [0.4, 0.5) is 0 Å². The SMILES string of the molecule is CCC(C)c1ccc(O)c(-c2cc3ccccc3c(-c3nc(-c4cc(C(C)CC)ccc4O)cc4ccccc34)n2)c1. The van der Waals surface area contributed by atoms with Gasteiger partial charge in [0.1, 0.15) is 11.5 Å². The van der Waals surface area contributed by atoms with Gasteiger partial charge in [-0.1, -0.05) is 88.4 Å². The lowest BCUT2D eigenvalue weighted by Gasteiger charge is -2.16. The van der Waals surface area contributed by atoms with Crippen LogP contribution < -0.4 is 0 Å². The van der Waals surface area contributed by atoms with Gasteiger partial charge < -0.3 is 10.2 Å². The second-order valence-corrected chi connectivity index (χ2v) is 11.3. The highest BCUT2D eigenvalue weighted by Gasteiger charge is 2.19. The van der Waals surface area contributed by atoms with Gasteiger partial charge in [-0.05, 0) is 83.0 Å². The fraction of sp³-hybridized carbons (Fsp3) is 0.211. The molecular weight excluding hydrogens is 516 g/mol. The summed E-state index contributed by atoms with van der Waals surface area (Å²) in [5.41, 5.74) is 6.64. The first-order chi connectivity index (χ1) is 20.4. The second-order valence-electron chi connectivity index (χ2n) is 11.3. The van der Waals surface area contributed by atoms with E-state index >= 15 is 0 Å². The van der Waals surface area contributed by atoms with Gasteiger partial charge in [0, 0.05) is 21.9 Å². The van der Waals surface area contributed by atoms with E-state index in [4.69, 9.17) is 9.97 Å². The monoisotopic (exact) mass is 552 g/mol. The molecule has 2 heterocycles. The molecule has 0 radical (unpaired) electrons. The van der Waals surface area contributed by atoms with E-state index in [9.17, 15) is 10.2 Å². The fourth-order valence-electron chi connectivity index (χ4n) is 5.64. The maximum absolute atomic E-state index is 11.0. The van der Waals surface area contributed by atoms with Gasteiger partial charge in [0.15, 0.2) is 0 Å². The van der Waals surface area contributed by atoms with Crippen LogP contribution in [0.15, 0.2) is 97.1 Å². The van der Waals surface area contributed by atoms with Crippen LogP contribution in [0.5, 0.6) is 11.5 Å². The minimum Gasteiger partial charge on any atom is -0.507 e. The number of hydrogen-bond donors (Lipinski definition) is 2. The van der Waals surface area contributed by atoms with E-state index in [0.717, 1.165) is 45.8 Å². The molecule has 0 amide bonds. The Hall–Kier alpha value is -4.70. The highest BCUT2D eigenvalue weighted by molar-refractivity contribution is 6.04. The van der Waals surface area contributed by atoms with E-state index in [1.165, 1.54) is 11.1 Å². The molecule has 0 aliphatic heterocycles. The molecule has 6 rings (SSSR count). The van der Waals surface area contributed by atoms with Crippen LogP contribution in [-0.4, -0.2) is 20.2 Å². The minimum atomic E-state index is 0.203. The van der Waals surface area contributed by atoms with Gasteiger partial charge in [-0.3, -0.25) is 0 Å². The Kier molecular flexibility index (Phi) is 7.38. The van der Waals surface area contributed by atoms with E-state index in [1.54, 1.807) is 12.1 Å². The molecule has 2 unspecified atom stereocenters. The standard InChI is InChI=1S/C38H36N2O2/c1-5-23(3)25-15-17-35(41)31(19-25)33-21-27-11-7-9-13-29(27)37(39-33)38-30-14-10-8-12-28(30)22-34(40-38)32-20-26(24(4)6-2)16-18-36(32)42/h7-24,41-42H,5-6H2,1-4H3.